The van der Waals surface area contributed by atoms with E-state index in [1.54, 1.807) is 11.0 Å². The van der Waals surface area contributed by atoms with Gasteiger partial charge in [0.25, 0.3) is 11.8 Å². The maximum absolute atomic E-state index is 12.5. The molecule has 1 saturated carbocycles. The normalized spacial score (nSPS) is 21.2. The van der Waals surface area contributed by atoms with Gasteiger partial charge in [-0.2, -0.15) is 0 Å². The molecule has 6 nitrogen and oxygen atoms in total. The number of likely N-dealkylation sites (tertiary alicyclic amines) is 1. The highest BCUT2D eigenvalue weighted by atomic mass is 32.1. The van der Waals surface area contributed by atoms with Gasteiger partial charge in [0.05, 0.1) is 4.88 Å². The molecule has 1 aliphatic carbocycles. The number of amides is 2. The summed E-state index contributed by atoms with van der Waals surface area (Å²) in [5.41, 5.74) is 0. The lowest BCUT2D eigenvalue weighted by molar-refractivity contribution is -0.152. The third-order valence-electron chi connectivity index (χ3n) is 5.08. The molecule has 2 heterocycles. The predicted molar refractivity (Wildman–Crippen MR) is 99.0 cm³/mol. The van der Waals surface area contributed by atoms with Crippen LogP contribution in [-0.2, 0) is 14.3 Å². The molecule has 2 aliphatic rings. The summed E-state index contributed by atoms with van der Waals surface area (Å²) in [7, 11) is 0. The summed E-state index contributed by atoms with van der Waals surface area (Å²) in [5, 5.41) is 4.81. The Labute approximate surface area is 157 Å². The van der Waals surface area contributed by atoms with Gasteiger partial charge in [-0.1, -0.05) is 31.7 Å². The molecule has 7 heteroatoms. The highest BCUT2D eigenvalue weighted by molar-refractivity contribution is 7.12. The number of thiophene rings is 1. The van der Waals surface area contributed by atoms with Crippen molar-refractivity contribution >= 4 is 29.1 Å². The van der Waals surface area contributed by atoms with Crippen LogP contribution in [0.25, 0.3) is 0 Å². The molecule has 3 rings (SSSR count). The van der Waals surface area contributed by atoms with Crippen LogP contribution in [0, 0.1) is 0 Å². The number of ether oxygens (including phenoxy) is 1. The Morgan fingerprint density at radius 1 is 1.12 bits per heavy atom. The summed E-state index contributed by atoms with van der Waals surface area (Å²) in [6, 6.07) is 3.18. The molecule has 0 unspecified atom stereocenters. The molecule has 1 aromatic rings. The minimum Gasteiger partial charge on any atom is -0.454 e. The van der Waals surface area contributed by atoms with Crippen molar-refractivity contribution in [3.8, 4) is 0 Å². The largest absolute Gasteiger partial charge is 0.454 e. The first kappa shape index (κ1) is 18.9. The lowest BCUT2D eigenvalue weighted by Gasteiger charge is -2.23. The Morgan fingerprint density at radius 2 is 1.88 bits per heavy atom. The second-order valence-corrected chi connectivity index (χ2v) is 7.95. The molecule has 26 heavy (non-hydrogen) atoms. The molecule has 1 aromatic heterocycles. The van der Waals surface area contributed by atoms with Gasteiger partial charge in [-0.05, 0) is 37.1 Å². The van der Waals surface area contributed by atoms with Gasteiger partial charge in [-0.25, -0.2) is 4.79 Å². The van der Waals surface area contributed by atoms with Crippen LogP contribution >= 0.6 is 11.3 Å². The molecule has 1 saturated heterocycles. The first-order chi connectivity index (χ1) is 12.6. The summed E-state index contributed by atoms with van der Waals surface area (Å²) >= 11 is 1.36. The molecule has 142 valence electrons. The second-order valence-electron chi connectivity index (χ2n) is 7.00. The van der Waals surface area contributed by atoms with Crippen LogP contribution in [0.3, 0.4) is 0 Å². The lowest BCUT2D eigenvalue weighted by atomic mass is 10.1. The minimum atomic E-state index is -0.588. The van der Waals surface area contributed by atoms with Crippen molar-refractivity contribution in [1.82, 2.24) is 10.2 Å². The lowest BCUT2D eigenvalue weighted by Crippen LogP contribution is -2.43. The SMILES string of the molecule is O=C(COC(=O)[C@@H]1CCCN1C(=O)c1cccs1)NC1CCCCCC1. The van der Waals surface area contributed by atoms with Gasteiger partial charge >= 0.3 is 5.97 Å². The average Bonchev–Trinajstić information content (AvgIpc) is 3.28. The number of nitrogens with zero attached hydrogens (tertiary/aromatic N) is 1. The number of esters is 1. The topological polar surface area (TPSA) is 75.7 Å². The molecule has 0 radical (unpaired) electrons. The van der Waals surface area contributed by atoms with Crippen molar-refractivity contribution in [1.29, 1.82) is 0 Å². The van der Waals surface area contributed by atoms with Gasteiger partial charge in [-0.3, -0.25) is 9.59 Å². The zero-order valence-electron chi connectivity index (χ0n) is 14.9. The monoisotopic (exact) mass is 378 g/mol. The van der Waals surface area contributed by atoms with E-state index in [2.05, 4.69) is 5.32 Å². The zero-order chi connectivity index (χ0) is 18.4. The Balaban J connectivity index is 1.47. The van der Waals surface area contributed by atoms with Gasteiger partial charge < -0.3 is 15.0 Å². The molecular formula is C19H26N2O4S. The molecule has 0 bridgehead atoms. The fraction of sp³-hybridized carbons (Fsp3) is 0.632. The van der Waals surface area contributed by atoms with Crippen molar-refractivity contribution in [2.45, 2.75) is 63.5 Å². The van der Waals surface area contributed by atoms with Crippen LogP contribution in [-0.4, -0.2) is 47.9 Å². The number of hydrogen-bond donors (Lipinski definition) is 1. The van der Waals surface area contributed by atoms with Crippen LogP contribution in [0.2, 0.25) is 0 Å². The van der Waals surface area contributed by atoms with Gasteiger partial charge in [0.1, 0.15) is 6.04 Å². The third kappa shape index (κ3) is 4.84. The van der Waals surface area contributed by atoms with Crippen molar-refractivity contribution in [2.75, 3.05) is 13.2 Å². The summed E-state index contributed by atoms with van der Waals surface area (Å²) in [6.07, 6.45) is 8.04. The van der Waals surface area contributed by atoms with Gasteiger partial charge in [0.15, 0.2) is 6.61 Å². The van der Waals surface area contributed by atoms with Gasteiger partial charge in [0.2, 0.25) is 0 Å². The average molecular weight is 378 g/mol. The quantitative estimate of drug-likeness (QED) is 0.631. The Bertz CT molecular complexity index is 623. The zero-order valence-corrected chi connectivity index (χ0v) is 15.8. The van der Waals surface area contributed by atoms with Crippen molar-refractivity contribution in [3.63, 3.8) is 0 Å². The van der Waals surface area contributed by atoms with Crippen molar-refractivity contribution in [2.24, 2.45) is 0 Å². The highest BCUT2D eigenvalue weighted by Gasteiger charge is 2.36. The molecule has 0 aromatic carbocycles. The predicted octanol–water partition coefficient (Wildman–Crippen LogP) is 2.73. The molecule has 1 atom stereocenters. The van der Waals surface area contributed by atoms with E-state index in [1.807, 2.05) is 11.4 Å². The van der Waals surface area contributed by atoms with E-state index in [-0.39, 0.29) is 24.5 Å². The molecule has 0 spiro atoms. The first-order valence-electron chi connectivity index (χ1n) is 9.45. The number of carbonyl (C=O) groups excluding carboxylic acids is 3. The fourth-order valence-electron chi connectivity index (χ4n) is 3.72. The summed E-state index contributed by atoms with van der Waals surface area (Å²) in [4.78, 5) is 39.2. The van der Waals surface area contributed by atoms with Gasteiger partial charge in [-0.15, -0.1) is 11.3 Å². The van der Waals surface area contributed by atoms with Crippen LogP contribution in [0.1, 0.15) is 61.0 Å². The maximum atomic E-state index is 12.5. The van der Waals surface area contributed by atoms with Crippen molar-refractivity contribution < 1.29 is 19.1 Å². The van der Waals surface area contributed by atoms with Crippen LogP contribution in [0.15, 0.2) is 17.5 Å². The summed E-state index contributed by atoms with van der Waals surface area (Å²) < 4.78 is 5.22. The number of carbonyl (C=O) groups is 3. The molecular weight excluding hydrogens is 352 g/mol. The second kappa shape index (κ2) is 9.16. The molecule has 1 N–H and O–H groups in total. The third-order valence-corrected chi connectivity index (χ3v) is 5.94. The van der Waals surface area contributed by atoms with E-state index >= 15 is 0 Å². The van der Waals surface area contributed by atoms with Crippen molar-refractivity contribution in [3.05, 3.63) is 22.4 Å². The highest BCUT2D eigenvalue weighted by Crippen LogP contribution is 2.23. The van der Waals surface area contributed by atoms with Gasteiger partial charge in [0, 0.05) is 12.6 Å². The first-order valence-corrected chi connectivity index (χ1v) is 10.3. The number of rotatable bonds is 5. The molecule has 1 aliphatic heterocycles. The van der Waals surface area contributed by atoms with Crippen LogP contribution in [0.5, 0.6) is 0 Å². The maximum Gasteiger partial charge on any atom is 0.329 e. The van der Waals surface area contributed by atoms with Crippen LogP contribution < -0.4 is 5.32 Å². The Kier molecular flexibility index (Phi) is 6.66. The standard InChI is InChI=1S/C19H26N2O4S/c22-17(20-14-7-3-1-2-4-8-14)13-25-19(24)15-9-5-11-21(15)18(23)16-10-6-12-26-16/h6,10,12,14-15H,1-5,7-9,11,13H2,(H,20,22)/t15-/m0/s1. The van der Waals surface area contributed by atoms with E-state index in [4.69, 9.17) is 4.74 Å². The van der Waals surface area contributed by atoms with E-state index in [1.165, 1.54) is 24.2 Å². The molecule has 2 amide bonds. The number of hydrogen-bond acceptors (Lipinski definition) is 5. The van der Waals surface area contributed by atoms with E-state index in [0.717, 1.165) is 32.1 Å². The van der Waals surface area contributed by atoms with E-state index < -0.39 is 12.0 Å². The number of nitrogens with one attached hydrogen (secondary N) is 1. The van der Waals surface area contributed by atoms with Crippen LogP contribution in [0.4, 0.5) is 0 Å². The summed E-state index contributed by atoms with van der Waals surface area (Å²) in [5.74, 6) is -0.870. The smallest absolute Gasteiger partial charge is 0.329 e. The fourth-order valence-corrected chi connectivity index (χ4v) is 4.40. The minimum absolute atomic E-state index is 0.137. The van der Waals surface area contributed by atoms with E-state index in [0.29, 0.717) is 17.8 Å². The Morgan fingerprint density at radius 3 is 2.58 bits per heavy atom. The summed E-state index contributed by atoms with van der Waals surface area (Å²) in [6.45, 7) is 0.275. The molecule has 2 fully saturated rings. The Hall–Kier alpha value is -1.89. The van der Waals surface area contributed by atoms with E-state index in [9.17, 15) is 14.4 Å².